The van der Waals surface area contributed by atoms with E-state index in [2.05, 4.69) is 0 Å². The maximum absolute atomic E-state index is 11.9. The Morgan fingerprint density at radius 1 is 0.182 bits per heavy atom. The fraction of sp³-hybridized carbons (Fsp3) is 0.698. The molecule has 77 heavy (non-hydrogen) atoms. The first-order valence-electron chi connectivity index (χ1n) is 26.8. The first-order valence-corrected chi connectivity index (χ1v) is 26.8. The maximum Gasteiger partial charge on any atom is 0.316 e. The maximum atomic E-state index is 11.9. The molecular weight excluding hydrogens is 1020 g/mol. The lowest BCUT2D eigenvalue weighted by Gasteiger charge is -2.50. The van der Waals surface area contributed by atoms with Gasteiger partial charge in [-0.1, -0.05) is 0 Å². The monoisotopic (exact) mass is 1070 g/mol. The van der Waals surface area contributed by atoms with E-state index in [0.717, 1.165) is 0 Å². The number of fused-ring (bicyclic) bond motifs is 31. The summed E-state index contributed by atoms with van der Waals surface area (Å²) in [5, 5.41) is 0. The minimum Gasteiger partial charge on any atom is -0.393 e. The second-order valence-corrected chi connectivity index (χ2v) is 24.2. The van der Waals surface area contributed by atoms with Crippen molar-refractivity contribution >= 4 is 95.5 Å². The van der Waals surface area contributed by atoms with Crippen LogP contribution < -0.4 is 0 Å². The molecule has 24 heteroatoms. The summed E-state index contributed by atoms with van der Waals surface area (Å²) in [5.41, 5.74) is 0. The Morgan fingerprint density at radius 2 is 0.390 bits per heavy atom. The number of hydrogen-bond acceptors (Lipinski definition) is 24. The highest BCUT2D eigenvalue weighted by Crippen LogP contribution is 2.62. The van der Waals surface area contributed by atoms with Gasteiger partial charge in [0, 0.05) is 0 Å². The number of esters is 16. The molecule has 0 aromatic heterocycles. The van der Waals surface area contributed by atoms with E-state index in [-0.39, 0.29) is 101 Å². The lowest BCUT2D eigenvalue weighted by molar-refractivity contribution is -0.194. The molecule has 406 valence electrons. The second kappa shape index (κ2) is 17.8. The summed E-state index contributed by atoms with van der Waals surface area (Å²) in [6, 6.07) is 0. The summed E-state index contributed by atoms with van der Waals surface area (Å²) < 4.78 is 38.1. The number of ether oxygens (including phenoxy) is 8. The summed E-state index contributed by atoms with van der Waals surface area (Å²) in [5.74, 6) is -14.7. The molecule has 16 aliphatic rings. The summed E-state index contributed by atoms with van der Waals surface area (Å²) in [4.78, 5) is 188. The van der Waals surface area contributed by atoms with E-state index in [1.807, 2.05) is 0 Å². The SMILES string of the molecule is O=C1OC(=O)C2CC1C1C3CC(C(=O)OC3=O)C21.O=C1OC(=O)C2CC1CC1C3CC(C(=O)OC3=O)C21.O=C1OC(=O)C2CC1CC1C3CC(CC21)C(=O)OC3=O.O=C1OC(=O)C2CC1CC1CC3CC(C(=O)OC3=O)C12. The Kier molecular flexibility index (Phi) is 11.5. The van der Waals surface area contributed by atoms with Crippen molar-refractivity contribution in [3.8, 4) is 0 Å². The highest BCUT2D eigenvalue weighted by Gasteiger charge is 2.68. The van der Waals surface area contributed by atoms with E-state index < -0.39 is 137 Å². The van der Waals surface area contributed by atoms with Gasteiger partial charge in [0.1, 0.15) is 0 Å². The molecule has 16 fully saturated rings. The quantitative estimate of drug-likeness (QED) is 0.139. The molecule has 8 heterocycles. The zero-order valence-electron chi connectivity index (χ0n) is 40.8. The molecule has 0 amide bonds. The zero-order chi connectivity index (χ0) is 53.9. The van der Waals surface area contributed by atoms with E-state index in [4.69, 9.17) is 37.9 Å². The van der Waals surface area contributed by atoms with Gasteiger partial charge in [0.15, 0.2) is 0 Å². The van der Waals surface area contributed by atoms with Gasteiger partial charge in [-0.05, 0) is 131 Å². The van der Waals surface area contributed by atoms with Crippen molar-refractivity contribution in [3.05, 3.63) is 0 Å². The highest BCUT2D eigenvalue weighted by atomic mass is 16.6. The number of carbonyl (C=O) groups excluding carboxylic acids is 16. The summed E-state index contributed by atoms with van der Waals surface area (Å²) in [7, 11) is 0. The summed E-state index contributed by atoms with van der Waals surface area (Å²) in [6.07, 6.45) is 6.56. The molecule has 8 aliphatic carbocycles. The number of hydrogen-bond donors (Lipinski definition) is 0. The van der Waals surface area contributed by atoms with E-state index in [0.29, 0.717) is 83.5 Å². The van der Waals surface area contributed by atoms with Crippen LogP contribution in [0, 0.1) is 142 Å². The zero-order valence-corrected chi connectivity index (χ0v) is 40.8. The number of rotatable bonds is 0. The Bertz CT molecular complexity index is 2680. The molecule has 0 N–H and O–H groups in total. The molecule has 8 aliphatic heterocycles. The van der Waals surface area contributed by atoms with Crippen molar-refractivity contribution in [3.63, 3.8) is 0 Å². The van der Waals surface area contributed by atoms with E-state index in [1.54, 1.807) is 0 Å². The second-order valence-electron chi connectivity index (χ2n) is 24.2. The molecule has 24 nitrogen and oxygen atoms in total. The third-order valence-corrected chi connectivity index (χ3v) is 21.0. The average molecular weight is 1070 g/mol. The van der Waals surface area contributed by atoms with Crippen LogP contribution in [0.2, 0.25) is 0 Å². The van der Waals surface area contributed by atoms with Gasteiger partial charge in [-0.2, -0.15) is 0 Å². The van der Waals surface area contributed by atoms with Crippen LogP contribution in [0.3, 0.4) is 0 Å². The van der Waals surface area contributed by atoms with E-state index in [9.17, 15) is 76.7 Å². The van der Waals surface area contributed by atoms with Crippen molar-refractivity contribution in [1.29, 1.82) is 0 Å². The van der Waals surface area contributed by atoms with Crippen molar-refractivity contribution < 1.29 is 115 Å². The molecular formula is C53H50O24. The van der Waals surface area contributed by atoms with Gasteiger partial charge in [0.25, 0.3) is 0 Å². The fourth-order valence-corrected chi connectivity index (χ4v) is 17.9. The van der Waals surface area contributed by atoms with Gasteiger partial charge in [-0.3, -0.25) is 76.7 Å². The molecule has 20 unspecified atom stereocenters. The molecule has 0 aromatic rings. The lowest BCUT2D eigenvalue weighted by atomic mass is 9.55. The van der Waals surface area contributed by atoms with Crippen LogP contribution in [0.1, 0.15) is 83.5 Å². The molecule has 20 atom stereocenters. The normalized spacial score (nSPS) is 47.3. The number of cyclic esters (lactones) is 16. The van der Waals surface area contributed by atoms with Crippen LogP contribution in [-0.4, -0.2) is 95.5 Å². The predicted octanol–water partition coefficient (Wildman–Crippen LogP) is 0.582. The molecule has 0 aromatic carbocycles. The Balaban J connectivity index is 0.0000000980. The topological polar surface area (TPSA) is 347 Å². The van der Waals surface area contributed by atoms with Crippen molar-refractivity contribution in [1.82, 2.24) is 0 Å². The lowest BCUT2D eigenvalue weighted by Crippen LogP contribution is -2.55. The molecule has 16 bridgehead atoms. The molecule has 16 rings (SSSR count). The number of carbonyl (C=O) groups is 16. The third kappa shape index (κ3) is 7.70. The first kappa shape index (κ1) is 49.7. The molecule has 8 saturated heterocycles. The molecule has 8 saturated carbocycles. The van der Waals surface area contributed by atoms with Crippen LogP contribution >= 0.6 is 0 Å². The van der Waals surface area contributed by atoms with Crippen LogP contribution in [0.15, 0.2) is 0 Å². The molecule has 0 spiro atoms. The van der Waals surface area contributed by atoms with Crippen molar-refractivity contribution in [2.24, 2.45) is 142 Å². The third-order valence-electron chi connectivity index (χ3n) is 21.0. The van der Waals surface area contributed by atoms with Gasteiger partial charge < -0.3 is 37.9 Å². The fourth-order valence-electron chi connectivity index (χ4n) is 17.9. The predicted molar refractivity (Wildman–Crippen MR) is 233 cm³/mol. The smallest absolute Gasteiger partial charge is 0.316 e. The van der Waals surface area contributed by atoms with Gasteiger partial charge in [-0.15, -0.1) is 0 Å². The van der Waals surface area contributed by atoms with Gasteiger partial charge >= 0.3 is 95.5 Å². The van der Waals surface area contributed by atoms with E-state index >= 15 is 0 Å². The molecule has 0 radical (unpaired) electrons. The Labute approximate surface area is 434 Å². The standard InChI is InChI=1S/2C14H14O6.C13H12O6.C12H10O6/c15-11-5-1-7-8(10(3-5)14(18)19-11)2-6-4-9(7)13(17)20-12(6)16;15-11-6-1-5-2-7-4-9(14(18)20-12(7)16)10(5)8(3-6)13(17)19-11;14-10-4-1-5-6-3-8(13(17)19-11(6)15)9(5)7(2-4)12(16)18-10;13-9-3-1-4(10(14)17-9)8-6-2-5(7(3)8)11(15)18-12(6)16/h2*5-10H,1-4H2;4-9H,1-3H2;3-8H,1-2H2. The summed E-state index contributed by atoms with van der Waals surface area (Å²) >= 11 is 0. The van der Waals surface area contributed by atoms with Gasteiger partial charge in [0.05, 0.1) is 94.7 Å². The largest absolute Gasteiger partial charge is 0.393 e. The first-order chi connectivity index (χ1) is 36.7. The summed E-state index contributed by atoms with van der Waals surface area (Å²) in [6.45, 7) is 0. The van der Waals surface area contributed by atoms with E-state index in [1.165, 1.54) is 0 Å². The Morgan fingerprint density at radius 3 is 0.727 bits per heavy atom. The van der Waals surface area contributed by atoms with Crippen LogP contribution in [-0.2, 0) is 115 Å². The Hall–Kier alpha value is -6.88. The van der Waals surface area contributed by atoms with Gasteiger partial charge in [-0.25, -0.2) is 0 Å². The van der Waals surface area contributed by atoms with Crippen LogP contribution in [0.25, 0.3) is 0 Å². The van der Waals surface area contributed by atoms with Crippen LogP contribution in [0.5, 0.6) is 0 Å². The minimum atomic E-state index is -0.545. The average Bonchev–Trinajstić information content (AvgIpc) is 4.11. The minimum absolute atomic E-state index is 0.0348. The van der Waals surface area contributed by atoms with Crippen LogP contribution in [0.4, 0.5) is 0 Å². The highest BCUT2D eigenvalue weighted by molar-refractivity contribution is 5.99. The van der Waals surface area contributed by atoms with Crippen molar-refractivity contribution in [2.45, 2.75) is 83.5 Å². The van der Waals surface area contributed by atoms with Crippen molar-refractivity contribution in [2.75, 3.05) is 0 Å². The van der Waals surface area contributed by atoms with Gasteiger partial charge in [0.2, 0.25) is 0 Å².